The number of rotatable bonds is 2. The lowest BCUT2D eigenvalue weighted by atomic mass is 9.92. The first-order chi connectivity index (χ1) is 26.3. The third-order valence-electron chi connectivity index (χ3n) is 12.2. The molecule has 0 radical (unpaired) electrons. The first kappa shape index (κ1) is 28.3. The van der Waals surface area contributed by atoms with Crippen molar-refractivity contribution in [2.24, 2.45) is 0 Å². The van der Waals surface area contributed by atoms with Gasteiger partial charge in [-0.3, -0.25) is 4.57 Å². The Morgan fingerprint density at radius 3 is 1.89 bits per heavy atom. The molecule has 5 heterocycles. The molecule has 0 atom stereocenters. The molecule has 1 saturated heterocycles. The van der Waals surface area contributed by atoms with Gasteiger partial charge in [0.1, 0.15) is 24.3 Å². The number of quaternary nitrogens is 1. The molecule has 11 aromatic rings. The van der Waals surface area contributed by atoms with Gasteiger partial charge in [-0.2, -0.15) is 0 Å². The average Bonchev–Trinajstić information content (AvgIpc) is 3.73. The molecular weight excluding hydrogens is 663 g/mol. The highest BCUT2D eigenvalue weighted by atomic mass is 32.1. The zero-order chi connectivity index (χ0) is 34.4. The number of benzene rings is 8. The Kier molecular flexibility index (Phi) is 5.31. The third-order valence-corrected chi connectivity index (χ3v) is 13.4. The highest BCUT2D eigenvalue weighted by molar-refractivity contribution is 7.26. The summed E-state index contributed by atoms with van der Waals surface area (Å²) < 4.78 is 5.93. The fraction of sp³-hybridized carbons (Fsp3) is 0.0408. The van der Waals surface area contributed by atoms with Gasteiger partial charge in [0, 0.05) is 44.1 Å². The SMILES string of the molecule is c1ccc2c(c1)-c1ccc3c4ccccc4n(-c4nccc5c4sc4ccc(-c6ccc7c8ccccc8c8ccccc8c7c6)cc45)c3c1[N+]21CC1. The summed E-state index contributed by atoms with van der Waals surface area (Å²) in [5, 5.41) is 12.9. The minimum Gasteiger partial charge on any atom is -0.287 e. The summed E-state index contributed by atoms with van der Waals surface area (Å²) in [6.07, 6.45) is 2.02. The maximum absolute atomic E-state index is 5.22. The largest absolute Gasteiger partial charge is 0.287 e. The van der Waals surface area contributed by atoms with Crippen molar-refractivity contribution in [3.8, 4) is 28.1 Å². The zero-order valence-electron chi connectivity index (χ0n) is 28.7. The normalized spacial score (nSPS) is 14.4. The van der Waals surface area contributed by atoms with Gasteiger partial charge in [0.25, 0.3) is 0 Å². The van der Waals surface area contributed by atoms with Crippen LogP contribution in [-0.4, -0.2) is 22.6 Å². The smallest absolute Gasteiger partial charge is 0.171 e. The Labute approximate surface area is 308 Å². The number of hydrogen-bond donors (Lipinski definition) is 0. The van der Waals surface area contributed by atoms with E-state index in [1.807, 2.05) is 17.5 Å². The number of aromatic nitrogens is 2. The average molecular weight is 693 g/mol. The maximum atomic E-state index is 5.22. The van der Waals surface area contributed by atoms with E-state index in [1.54, 1.807) is 0 Å². The first-order valence-electron chi connectivity index (χ1n) is 18.5. The number of hydrogen-bond acceptors (Lipinski definition) is 2. The minimum absolute atomic E-state index is 0.932. The number of para-hydroxylation sites is 2. The molecular formula is C49H30N3S+. The second kappa shape index (κ2) is 9.96. The van der Waals surface area contributed by atoms with Gasteiger partial charge in [-0.05, 0) is 85.9 Å². The molecule has 2 aliphatic rings. The van der Waals surface area contributed by atoms with Crippen LogP contribution < -0.4 is 4.48 Å². The second-order valence-corrected chi connectivity index (χ2v) is 15.9. The van der Waals surface area contributed by atoms with Crippen LogP contribution in [0, 0.1) is 0 Å². The molecule has 0 amide bonds. The van der Waals surface area contributed by atoms with E-state index in [-0.39, 0.29) is 0 Å². The van der Waals surface area contributed by atoms with E-state index < -0.39 is 0 Å². The van der Waals surface area contributed by atoms with E-state index in [0.29, 0.717) is 0 Å². The van der Waals surface area contributed by atoms with E-state index in [9.17, 15) is 0 Å². The Hall–Kier alpha value is -6.33. The quantitative estimate of drug-likeness (QED) is 0.100. The van der Waals surface area contributed by atoms with Gasteiger partial charge >= 0.3 is 0 Å². The molecule has 1 spiro atoms. The van der Waals surface area contributed by atoms with Crippen LogP contribution >= 0.6 is 11.3 Å². The van der Waals surface area contributed by atoms with Crippen molar-refractivity contribution in [2.45, 2.75) is 0 Å². The molecule has 4 heteroatoms. The number of pyridine rings is 1. The van der Waals surface area contributed by atoms with Crippen molar-refractivity contribution in [3.05, 3.63) is 158 Å². The minimum atomic E-state index is 0.932. The van der Waals surface area contributed by atoms with Crippen molar-refractivity contribution >= 4 is 97.0 Å². The van der Waals surface area contributed by atoms with Crippen LogP contribution in [0.3, 0.4) is 0 Å². The van der Waals surface area contributed by atoms with Crippen LogP contribution in [0.1, 0.15) is 0 Å². The zero-order valence-corrected chi connectivity index (χ0v) is 29.5. The molecule has 0 saturated carbocycles. The lowest BCUT2D eigenvalue weighted by Gasteiger charge is -2.16. The molecule has 3 nitrogen and oxygen atoms in total. The summed E-state index contributed by atoms with van der Waals surface area (Å²) >= 11 is 1.86. The third kappa shape index (κ3) is 3.59. The van der Waals surface area contributed by atoms with Crippen LogP contribution in [0.5, 0.6) is 0 Å². The van der Waals surface area contributed by atoms with Gasteiger partial charge in [-0.15, -0.1) is 11.3 Å². The second-order valence-electron chi connectivity index (χ2n) is 14.8. The van der Waals surface area contributed by atoms with Gasteiger partial charge in [0.2, 0.25) is 0 Å². The summed E-state index contributed by atoms with van der Waals surface area (Å²) in [4.78, 5) is 5.22. The lowest BCUT2D eigenvalue weighted by molar-refractivity contribution is 0.764. The molecule has 0 N–H and O–H groups in total. The number of fused-ring (bicyclic) bond motifs is 18. The van der Waals surface area contributed by atoms with E-state index in [1.165, 1.54) is 108 Å². The predicted molar refractivity (Wildman–Crippen MR) is 226 cm³/mol. The van der Waals surface area contributed by atoms with E-state index >= 15 is 0 Å². The summed E-state index contributed by atoms with van der Waals surface area (Å²) in [6.45, 7) is 2.27. The maximum Gasteiger partial charge on any atom is 0.171 e. The fourth-order valence-corrected chi connectivity index (χ4v) is 10.9. The Morgan fingerprint density at radius 2 is 1.11 bits per heavy atom. The topological polar surface area (TPSA) is 17.8 Å². The van der Waals surface area contributed by atoms with Gasteiger partial charge in [-0.1, -0.05) is 103 Å². The highest BCUT2D eigenvalue weighted by Crippen LogP contribution is 2.61. The molecule has 246 valence electrons. The van der Waals surface area contributed by atoms with Crippen LogP contribution in [0.2, 0.25) is 0 Å². The van der Waals surface area contributed by atoms with E-state index in [2.05, 4.69) is 156 Å². The van der Waals surface area contributed by atoms with Crippen molar-refractivity contribution < 1.29 is 0 Å². The summed E-state index contributed by atoms with van der Waals surface area (Å²) in [6, 6.07) is 56.5. The Bertz CT molecular complexity index is 3380. The van der Waals surface area contributed by atoms with Crippen LogP contribution in [0.15, 0.2) is 158 Å². The van der Waals surface area contributed by atoms with Crippen LogP contribution in [0.4, 0.5) is 11.4 Å². The molecule has 0 unspecified atom stereocenters. The van der Waals surface area contributed by atoms with E-state index in [4.69, 9.17) is 4.98 Å². The molecule has 13 rings (SSSR count). The molecule has 0 bridgehead atoms. The highest BCUT2D eigenvalue weighted by Gasteiger charge is 2.55. The van der Waals surface area contributed by atoms with Gasteiger partial charge in [0.15, 0.2) is 11.5 Å². The fourth-order valence-electron chi connectivity index (χ4n) is 9.79. The number of nitrogens with zero attached hydrogens (tertiary/aromatic N) is 3. The van der Waals surface area contributed by atoms with Crippen LogP contribution in [-0.2, 0) is 0 Å². The van der Waals surface area contributed by atoms with Gasteiger partial charge < -0.3 is 0 Å². The van der Waals surface area contributed by atoms with Gasteiger partial charge in [-0.25, -0.2) is 9.47 Å². The van der Waals surface area contributed by atoms with Crippen LogP contribution in [0.25, 0.3) is 102 Å². The predicted octanol–water partition coefficient (Wildman–Crippen LogP) is 13.3. The standard InChI is InChI=1S/C49H30N3S/c1-2-11-33-31(9-1)32-10-3-4-12-34(32)41-27-29(17-19-35(33)41)30-18-22-45-42(28-30)40-23-24-50-49(48(40)53-45)51-43-15-7-5-13-36(43)38-20-21-39-37-14-6-8-16-44(37)52(25-26-52)47(39)46(38)51/h1-24,27-28H,25-26H2/q+1. The first-order valence-corrected chi connectivity index (χ1v) is 19.3. The van der Waals surface area contributed by atoms with Gasteiger partial charge in [0.05, 0.1) is 15.8 Å². The summed E-state index contributed by atoms with van der Waals surface area (Å²) in [5.74, 6) is 1.02. The van der Waals surface area contributed by atoms with Crippen molar-refractivity contribution in [1.82, 2.24) is 14.0 Å². The molecule has 2 aliphatic heterocycles. The summed E-state index contributed by atoms with van der Waals surface area (Å²) in [7, 11) is 0. The summed E-state index contributed by atoms with van der Waals surface area (Å²) in [5.41, 5.74) is 10.6. The van der Waals surface area contributed by atoms with Crippen molar-refractivity contribution in [3.63, 3.8) is 0 Å². The molecule has 0 aliphatic carbocycles. The van der Waals surface area contributed by atoms with E-state index in [0.717, 1.165) is 23.4 Å². The lowest BCUT2D eigenvalue weighted by Crippen LogP contribution is -2.16. The molecule has 53 heavy (non-hydrogen) atoms. The Morgan fingerprint density at radius 1 is 0.491 bits per heavy atom. The van der Waals surface area contributed by atoms with Crippen molar-refractivity contribution in [1.29, 1.82) is 0 Å². The monoisotopic (exact) mass is 692 g/mol. The Balaban J connectivity index is 1.05. The molecule has 1 fully saturated rings. The molecule has 3 aromatic heterocycles. The van der Waals surface area contributed by atoms with Crippen molar-refractivity contribution in [2.75, 3.05) is 13.1 Å². The molecule has 8 aromatic carbocycles. The number of thiophene rings is 1.